The Balaban J connectivity index is 1.50. The van der Waals surface area contributed by atoms with Crippen LogP contribution in [0, 0.1) is 0 Å². The van der Waals surface area contributed by atoms with Gasteiger partial charge in [0, 0.05) is 29.5 Å². The first-order valence-electron chi connectivity index (χ1n) is 10.3. The predicted molar refractivity (Wildman–Crippen MR) is 126 cm³/mol. The van der Waals surface area contributed by atoms with E-state index in [0.717, 1.165) is 5.56 Å². The summed E-state index contributed by atoms with van der Waals surface area (Å²) in [5.41, 5.74) is 3.29. The van der Waals surface area contributed by atoms with Gasteiger partial charge in [-0.2, -0.15) is 0 Å². The molecule has 0 saturated carbocycles. The van der Waals surface area contributed by atoms with Gasteiger partial charge in [-0.3, -0.25) is 14.4 Å². The van der Waals surface area contributed by atoms with Gasteiger partial charge < -0.3 is 21.3 Å². The summed E-state index contributed by atoms with van der Waals surface area (Å²) in [7, 11) is 1.55. The average molecular weight is 431 g/mol. The van der Waals surface area contributed by atoms with Crippen LogP contribution in [0.25, 0.3) is 0 Å². The Hall–Kier alpha value is -4.13. The number of benzene rings is 3. The van der Waals surface area contributed by atoms with Gasteiger partial charge in [0.15, 0.2) is 0 Å². The number of rotatable bonds is 8. The smallest absolute Gasteiger partial charge is 0.251 e. The molecule has 0 fully saturated rings. The van der Waals surface area contributed by atoms with E-state index in [0.29, 0.717) is 22.5 Å². The molecule has 0 heterocycles. The Morgan fingerprint density at radius 1 is 0.781 bits per heavy atom. The number of carbonyl (C=O) groups excluding carboxylic acids is 3. The second kappa shape index (κ2) is 10.8. The fourth-order valence-corrected chi connectivity index (χ4v) is 3.11. The van der Waals surface area contributed by atoms with Gasteiger partial charge in [0.25, 0.3) is 11.8 Å². The van der Waals surface area contributed by atoms with Crippen molar-refractivity contribution in [1.29, 1.82) is 0 Å². The van der Waals surface area contributed by atoms with E-state index in [1.165, 1.54) is 0 Å². The lowest BCUT2D eigenvalue weighted by molar-refractivity contribution is -0.114. The molecule has 3 aromatic carbocycles. The maximum atomic E-state index is 12.5. The molecule has 164 valence electrons. The van der Waals surface area contributed by atoms with E-state index < -0.39 is 0 Å². The summed E-state index contributed by atoms with van der Waals surface area (Å²) in [5.74, 6) is -0.638. The Labute approximate surface area is 187 Å². The Bertz CT molecular complexity index is 1080. The second-order valence-electron chi connectivity index (χ2n) is 7.24. The lowest BCUT2D eigenvalue weighted by Gasteiger charge is -2.14. The average Bonchev–Trinajstić information content (AvgIpc) is 2.83. The number of amides is 3. The Kier molecular flexibility index (Phi) is 7.59. The van der Waals surface area contributed by atoms with Crippen molar-refractivity contribution in [3.8, 4) is 0 Å². The van der Waals surface area contributed by atoms with Crippen LogP contribution in [0.1, 0.15) is 39.2 Å². The van der Waals surface area contributed by atoms with Crippen LogP contribution in [-0.4, -0.2) is 31.3 Å². The standard InChI is InChI=1S/C25H26N4O3/c1-17(18-7-4-3-5-8-18)28-25(32)19-11-13-21(14-12-19)27-16-23(30)29-22-10-6-9-20(15-22)24(31)26-2/h3-15,17,27H,16H2,1-2H3,(H,26,31)(H,28,32)(H,29,30). The van der Waals surface area contributed by atoms with E-state index in [1.807, 2.05) is 37.3 Å². The molecule has 3 amide bonds. The van der Waals surface area contributed by atoms with E-state index in [1.54, 1.807) is 55.6 Å². The first-order chi connectivity index (χ1) is 15.5. The molecule has 7 heteroatoms. The van der Waals surface area contributed by atoms with E-state index in [9.17, 15) is 14.4 Å². The number of nitrogens with one attached hydrogen (secondary N) is 4. The molecule has 0 spiro atoms. The molecular formula is C25H26N4O3. The van der Waals surface area contributed by atoms with Crippen molar-refractivity contribution in [3.63, 3.8) is 0 Å². The molecule has 0 aliphatic carbocycles. The van der Waals surface area contributed by atoms with Crippen LogP contribution < -0.4 is 21.3 Å². The molecule has 4 N–H and O–H groups in total. The van der Waals surface area contributed by atoms with Crippen molar-refractivity contribution in [2.24, 2.45) is 0 Å². The lowest BCUT2D eigenvalue weighted by atomic mass is 10.1. The molecule has 1 atom stereocenters. The topological polar surface area (TPSA) is 99.3 Å². The van der Waals surface area contributed by atoms with Crippen molar-refractivity contribution in [2.75, 3.05) is 24.2 Å². The minimum absolute atomic E-state index is 0.0424. The normalized spacial score (nSPS) is 11.2. The molecule has 32 heavy (non-hydrogen) atoms. The molecule has 0 aliphatic heterocycles. The zero-order valence-corrected chi connectivity index (χ0v) is 18.0. The number of carbonyl (C=O) groups is 3. The number of hydrogen-bond acceptors (Lipinski definition) is 4. The molecule has 0 aliphatic rings. The van der Waals surface area contributed by atoms with Crippen LogP contribution in [0.5, 0.6) is 0 Å². The van der Waals surface area contributed by atoms with Crippen molar-refractivity contribution < 1.29 is 14.4 Å². The van der Waals surface area contributed by atoms with Crippen molar-refractivity contribution >= 4 is 29.1 Å². The summed E-state index contributed by atoms with van der Waals surface area (Å²) >= 11 is 0. The molecule has 0 aromatic heterocycles. The van der Waals surface area contributed by atoms with Crippen molar-refractivity contribution in [3.05, 3.63) is 95.6 Å². The molecule has 0 radical (unpaired) electrons. The largest absolute Gasteiger partial charge is 0.376 e. The predicted octanol–water partition coefficient (Wildman–Crippen LogP) is 3.59. The molecule has 0 bridgehead atoms. The number of hydrogen-bond donors (Lipinski definition) is 4. The zero-order valence-electron chi connectivity index (χ0n) is 18.0. The van der Waals surface area contributed by atoms with Crippen LogP contribution in [0.4, 0.5) is 11.4 Å². The fraction of sp³-hybridized carbons (Fsp3) is 0.160. The second-order valence-corrected chi connectivity index (χ2v) is 7.24. The van der Waals surface area contributed by atoms with Gasteiger partial charge in [-0.25, -0.2) is 0 Å². The highest BCUT2D eigenvalue weighted by molar-refractivity contribution is 5.98. The van der Waals surface area contributed by atoms with Crippen molar-refractivity contribution in [1.82, 2.24) is 10.6 Å². The molecule has 7 nitrogen and oxygen atoms in total. The minimum atomic E-state index is -0.252. The Morgan fingerprint density at radius 2 is 1.50 bits per heavy atom. The van der Waals surface area contributed by atoms with Gasteiger partial charge in [0.05, 0.1) is 12.6 Å². The van der Waals surface area contributed by atoms with Crippen LogP contribution >= 0.6 is 0 Å². The van der Waals surface area contributed by atoms with Gasteiger partial charge >= 0.3 is 0 Å². The van der Waals surface area contributed by atoms with Crippen LogP contribution in [0.3, 0.4) is 0 Å². The first kappa shape index (κ1) is 22.6. The summed E-state index contributed by atoms with van der Waals surface area (Å²) in [6.07, 6.45) is 0. The molecule has 0 saturated heterocycles. The summed E-state index contributed by atoms with van der Waals surface area (Å²) in [6, 6.07) is 23.3. The van der Waals surface area contributed by atoms with Crippen LogP contribution in [-0.2, 0) is 4.79 Å². The zero-order chi connectivity index (χ0) is 22.9. The monoisotopic (exact) mass is 430 g/mol. The summed E-state index contributed by atoms with van der Waals surface area (Å²) < 4.78 is 0. The maximum Gasteiger partial charge on any atom is 0.251 e. The summed E-state index contributed by atoms with van der Waals surface area (Å²) in [4.78, 5) is 36.4. The van der Waals surface area contributed by atoms with Gasteiger partial charge in [0.2, 0.25) is 5.91 Å². The molecule has 3 rings (SSSR count). The van der Waals surface area contributed by atoms with Gasteiger partial charge in [0.1, 0.15) is 0 Å². The lowest BCUT2D eigenvalue weighted by Crippen LogP contribution is -2.26. The minimum Gasteiger partial charge on any atom is -0.376 e. The SMILES string of the molecule is CNC(=O)c1cccc(NC(=O)CNc2ccc(C(=O)NC(C)c3ccccc3)cc2)c1. The van der Waals surface area contributed by atoms with Gasteiger partial charge in [-0.05, 0) is 55.0 Å². The van der Waals surface area contributed by atoms with Gasteiger partial charge in [-0.1, -0.05) is 36.4 Å². The fourth-order valence-electron chi connectivity index (χ4n) is 3.11. The van der Waals surface area contributed by atoms with Crippen molar-refractivity contribution in [2.45, 2.75) is 13.0 Å². The van der Waals surface area contributed by atoms with Crippen LogP contribution in [0.2, 0.25) is 0 Å². The van der Waals surface area contributed by atoms with E-state index in [-0.39, 0.29) is 30.3 Å². The molecular weight excluding hydrogens is 404 g/mol. The highest BCUT2D eigenvalue weighted by Gasteiger charge is 2.11. The molecule has 3 aromatic rings. The highest BCUT2D eigenvalue weighted by atomic mass is 16.2. The highest BCUT2D eigenvalue weighted by Crippen LogP contribution is 2.15. The first-order valence-corrected chi connectivity index (χ1v) is 10.3. The third-order valence-corrected chi connectivity index (χ3v) is 4.88. The van der Waals surface area contributed by atoms with Crippen LogP contribution in [0.15, 0.2) is 78.9 Å². The third-order valence-electron chi connectivity index (χ3n) is 4.88. The maximum absolute atomic E-state index is 12.5. The third kappa shape index (κ3) is 6.18. The van der Waals surface area contributed by atoms with Gasteiger partial charge in [-0.15, -0.1) is 0 Å². The summed E-state index contributed by atoms with van der Waals surface area (Å²) in [5, 5.41) is 11.3. The Morgan fingerprint density at radius 3 is 2.19 bits per heavy atom. The number of anilines is 2. The summed E-state index contributed by atoms with van der Waals surface area (Å²) in [6.45, 7) is 1.98. The van der Waals surface area contributed by atoms with E-state index in [4.69, 9.17) is 0 Å². The van der Waals surface area contributed by atoms with E-state index >= 15 is 0 Å². The van der Waals surface area contributed by atoms with E-state index in [2.05, 4.69) is 21.3 Å². The quantitative estimate of drug-likeness (QED) is 0.439. The molecule has 1 unspecified atom stereocenters.